The number of hydrogen-bond donors (Lipinski definition) is 3. The zero-order valence-corrected chi connectivity index (χ0v) is 50.1. The van der Waals surface area contributed by atoms with Gasteiger partial charge in [-0.25, -0.2) is 48.7 Å². The van der Waals surface area contributed by atoms with Crippen LogP contribution in [-0.4, -0.2) is 123 Å². The minimum Gasteiger partial charge on any atom is -0.497 e. The highest BCUT2D eigenvalue weighted by Gasteiger charge is 2.41. The molecule has 92 heavy (non-hydrogen) atoms. The molecular weight excluding hydrogens is 1260 g/mol. The number of ketones is 1. The molecule has 0 aliphatic carbocycles. The molecule has 0 saturated carbocycles. The number of rotatable bonds is 17. The van der Waals surface area contributed by atoms with Crippen LogP contribution in [0.1, 0.15) is 76.6 Å². The Morgan fingerprint density at radius 3 is 1.22 bits per heavy atom. The van der Waals surface area contributed by atoms with Crippen molar-refractivity contribution in [3.8, 4) is 34.8 Å². The van der Waals surface area contributed by atoms with Gasteiger partial charge in [0, 0.05) is 133 Å². The lowest BCUT2D eigenvalue weighted by molar-refractivity contribution is -0.148. The number of halogens is 11. The Morgan fingerprint density at radius 1 is 0.554 bits per heavy atom. The van der Waals surface area contributed by atoms with E-state index in [0.717, 1.165) is 86.8 Å². The number of methoxy groups -OCH3 is 8. The fraction of sp³-hybridized carbons (Fsp3) is 0.328. The zero-order valence-electron chi connectivity index (χ0n) is 50.1. The number of carboxylic acid groups (broad SMARTS) is 1. The highest BCUT2D eigenvalue weighted by atomic mass is 19.2. The first-order valence-electron chi connectivity index (χ1n) is 26.2. The SMILES string of the molecule is COC(=O)/C=C/c1c(F)cc(OC)cc1F.COC(=O)C1CNC(=O)CC1c1c(F)cc(OC)cc1F.COC(=O)CC(c1c(F)cc(OC)cc1F)C(C#N)C(C)=O.COc1cc(F)c(C2CC(=O)NC[C@H]2C(=O)O)c(F)c1.COc1cc(F)c(C=O)c(F)c1.F. The van der Waals surface area contributed by atoms with Gasteiger partial charge in [-0.05, 0) is 13.0 Å². The smallest absolute Gasteiger partial charge is 0.330 e. The molecule has 6 atom stereocenters. The number of carboxylic acids is 1. The number of ether oxygens (including phenoxy) is 8. The van der Waals surface area contributed by atoms with Crippen LogP contribution in [0.3, 0.4) is 0 Å². The van der Waals surface area contributed by atoms with Crippen LogP contribution >= 0.6 is 0 Å². The summed E-state index contributed by atoms with van der Waals surface area (Å²) in [7, 11) is 9.86. The van der Waals surface area contributed by atoms with Gasteiger partial charge in [-0.1, -0.05) is 0 Å². The number of nitriles is 1. The molecule has 5 aromatic carbocycles. The largest absolute Gasteiger partial charge is 0.497 e. The van der Waals surface area contributed by atoms with Crippen molar-refractivity contribution in [2.75, 3.05) is 70.0 Å². The van der Waals surface area contributed by atoms with Gasteiger partial charge in [-0.2, -0.15) is 5.26 Å². The maximum atomic E-state index is 14.2. The van der Waals surface area contributed by atoms with Crippen molar-refractivity contribution < 1.29 is 130 Å². The van der Waals surface area contributed by atoms with Crippen LogP contribution in [0, 0.1) is 87.3 Å². The topological polar surface area (TPSA) is 278 Å². The molecule has 2 aliphatic heterocycles. The van der Waals surface area contributed by atoms with Gasteiger partial charge in [0.25, 0.3) is 0 Å². The van der Waals surface area contributed by atoms with Crippen LogP contribution in [0.5, 0.6) is 28.7 Å². The van der Waals surface area contributed by atoms with E-state index in [2.05, 4.69) is 34.3 Å². The van der Waals surface area contributed by atoms with Gasteiger partial charge in [0.05, 0.1) is 86.8 Å². The Hall–Kier alpha value is -10.3. The molecule has 0 spiro atoms. The van der Waals surface area contributed by atoms with Crippen LogP contribution in [0.15, 0.2) is 66.7 Å². The molecule has 20 nitrogen and oxygen atoms in total. The van der Waals surface area contributed by atoms with Crippen molar-refractivity contribution in [3.05, 3.63) is 153 Å². The molecule has 7 rings (SSSR count). The lowest BCUT2D eigenvalue weighted by Gasteiger charge is -2.30. The minimum atomic E-state index is -1.36. The number of piperidine rings is 2. The maximum absolute atomic E-state index is 14.2. The third kappa shape index (κ3) is 21.2. The Morgan fingerprint density at radius 2 is 0.902 bits per heavy atom. The van der Waals surface area contributed by atoms with Crippen LogP contribution in [0.25, 0.3) is 6.08 Å². The third-order valence-electron chi connectivity index (χ3n) is 13.5. The van der Waals surface area contributed by atoms with Crippen molar-refractivity contribution in [2.24, 2.45) is 17.8 Å². The molecule has 0 radical (unpaired) electrons. The van der Waals surface area contributed by atoms with Crippen molar-refractivity contribution >= 4 is 53.8 Å². The summed E-state index contributed by atoms with van der Waals surface area (Å²) in [6.07, 6.45) is 1.14. The molecule has 3 N–H and O–H groups in total. The standard InChI is InChI=1S/C15H15F2NO4.C14H15F2NO4.C13H13F2NO4.C11H10F2O3.C8H6F2O2.FH/c1-8(19)11(7-18)10(6-14(20)22-3)15-12(16)4-9(21-2)5-13(15)17;1-20-7-3-10(15)13(11(16)4-7)8-5-12(18)17-6-9(8)14(19)21-2;1-20-6-2-9(14)12(10(15)3-6)7-4-11(17)16-5-8(7)13(18)19;1-15-7-5-9(12)8(10(13)6-7)3-4-11(14)16-2;1-12-5-2-7(9)6(4-11)8(10)3-5;/h4-5,10-11H,6H2,1-3H3;3-4,8-9H,5-6H2,1-2H3,(H,17,18);2-3,7-8H,4-5H2,1H3,(H,16,17)(H,18,19);3-6H,1-2H3;2-4H,1H3;1H/b;;;4-3+;;/t;;7?,8-;;;/m..1.../s1. The highest BCUT2D eigenvalue weighted by Crippen LogP contribution is 2.39. The Kier molecular flexibility index (Phi) is 31.3. The van der Waals surface area contributed by atoms with Crippen molar-refractivity contribution in [1.29, 1.82) is 5.26 Å². The lowest BCUT2D eigenvalue weighted by Crippen LogP contribution is -2.44. The molecule has 2 fully saturated rings. The number of aldehydes is 1. The Labute approximate surface area is 517 Å². The van der Waals surface area contributed by atoms with E-state index in [1.165, 1.54) is 49.8 Å². The first-order valence-corrected chi connectivity index (χ1v) is 26.2. The second-order valence-corrected chi connectivity index (χ2v) is 18.9. The zero-order chi connectivity index (χ0) is 68.6. The Balaban J connectivity index is 0.000000396. The molecule has 498 valence electrons. The molecular formula is C61H60F11N3O17. The predicted octanol–water partition coefficient (Wildman–Crippen LogP) is 9.09. The number of Topliss-reactive ketones (excluding diaryl/α,β-unsaturated/α-hetero) is 1. The van der Waals surface area contributed by atoms with E-state index in [4.69, 9.17) is 24.6 Å². The first kappa shape index (κ1) is 77.8. The number of carbonyl (C=O) groups is 8. The fourth-order valence-corrected chi connectivity index (χ4v) is 8.89. The fourth-order valence-electron chi connectivity index (χ4n) is 8.89. The van der Waals surface area contributed by atoms with E-state index in [1.807, 2.05) is 0 Å². The number of hydrogen-bond acceptors (Lipinski definition) is 17. The Bertz CT molecular complexity index is 3440. The molecule has 2 saturated heterocycles. The number of amides is 2. The molecule has 31 heteroatoms. The summed E-state index contributed by atoms with van der Waals surface area (Å²) < 4.78 is 174. The molecule has 0 aromatic heterocycles. The van der Waals surface area contributed by atoms with Crippen LogP contribution in [0.2, 0.25) is 0 Å². The summed E-state index contributed by atoms with van der Waals surface area (Å²) in [6, 6.07) is 11.5. The average Bonchev–Trinajstić information content (AvgIpc) is 0.955. The quantitative estimate of drug-likeness (QED) is 0.0257. The number of esters is 3. The van der Waals surface area contributed by atoms with Gasteiger partial charge in [0.2, 0.25) is 11.8 Å². The van der Waals surface area contributed by atoms with Gasteiger partial charge < -0.3 is 53.6 Å². The number of benzene rings is 5. The van der Waals surface area contributed by atoms with Gasteiger partial charge in [-0.3, -0.25) is 38.3 Å². The van der Waals surface area contributed by atoms with E-state index in [0.29, 0.717) is 0 Å². The van der Waals surface area contributed by atoms with Crippen LogP contribution in [-0.2, 0) is 47.8 Å². The normalized spacial score (nSPS) is 15.9. The van der Waals surface area contributed by atoms with E-state index in [-0.39, 0.29) is 88.3 Å². The summed E-state index contributed by atoms with van der Waals surface area (Å²) in [4.78, 5) is 89.7. The first-order chi connectivity index (χ1) is 43.0. The second kappa shape index (κ2) is 37.0. The van der Waals surface area contributed by atoms with Gasteiger partial charge in [0.1, 0.15) is 98.6 Å². The monoisotopic (exact) mass is 1320 g/mol. The number of nitrogens with zero attached hydrogens (tertiary/aromatic N) is 1. The maximum Gasteiger partial charge on any atom is 0.330 e. The molecule has 2 amide bonds. The van der Waals surface area contributed by atoms with E-state index >= 15 is 0 Å². The van der Waals surface area contributed by atoms with E-state index in [9.17, 15) is 82.3 Å². The number of carbonyl (C=O) groups excluding carboxylic acids is 7. The molecule has 2 heterocycles. The number of aliphatic carboxylic acids is 1. The molecule has 2 aliphatic rings. The average molecular weight is 1320 g/mol. The van der Waals surface area contributed by atoms with Crippen LogP contribution < -0.4 is 34.3 Å². The minimum absolute atomic E-state index is 0. The van der Waals surface area contributed by atoms with Gasteiger partial charge in [0.15, 0.2) is 6.29 Å². The predicted molar refractivity (Wildman–Crippen MR) is 300 cm³/mol. The third-order valence-corrected chi connectivity index (χ3v) is 13.5. The van der Waals surface area contributed by atoms with Gasteiger partial charge in [-0.15, -0.1) is 0 Å². The van der Waals surface area contributed by atoms with Crippen molar-refractivity contribution in [1.82, 2.24) is 10.6 Å². The van der Waals surface area contributed by atoms with Gasteiger partial charge >= 0.3 is 23.9 Å². The lowest BCUT2D eigenvalue weighted by atomic mass is 9.80. The second-order valence-electron chi connectivity index (χ2n) is 18.9. The summed E-state index contributed by atoms with van der Waals surface area (Å²) >= 11 is 0. The van der Waals surface area contributed by atoms with Crippen molar-refractivity contribution in [2.45, 2.75) is 43.9 Å². The summed E-state index contributed by atoms with van der Waals surface area (Å²) in [5, 5.41) is 23.1. The summed E-state index contributed by atoms with van der Waals surface area (Å²) in [6.45, 7) is 0.961. The molecule has 5 unspecified atom stereocenters. The molecule has 0 bridgehead atoms. The van der Waals surface area contributed by atoms with Crippen LogP contribution in [0.4, 0.5) is 48.6 Å². The summed E-state index contributed by atoms with van der Waals surface area (Å²) in [5.41, 5.74) is -2.07. The van der Waals surface area contributed by atoms with Crippen molar-refractivity contribution in [3.63, 3.8) is 0 Å². The number of nitrogens with one attached hydrogen (secondary N) is 2. The highest BCUT2D eigenvalue weighted by molar-refractivity contribution is 5.87. The van der Waals surface area contributed by atoms with E-state index in [1.54, 1.807) is 6.07 Å². The summed E-state index contributed by atoms with van der Waals surface area (Å²) in [5.74, 6) is -20.0. The molecule has 5 aromatic rings. The van der Waals surface area contributed by atoms with E-state index < -0.39 is 147 Å².